The van der Waals surface area contributed by atoms with Crippen LogP contribution in [0, 0.1) is 0 Å². The molecule has 3 aromatic rings. The van der Waals surface area contributed by atoms with Crippen molar-refractivity contribution in [1.82, 2.24) is 14.8 Å². The van der Waals surface area contributed by atoms with E-state index in [4.69, 9.17) is 9.47 Å². The van der Waals surface area contributed by atoms with Gasteiger partial charge in [0.25, 0.3) is 5.91 Å². The monoisotopic (exact) mass is 379 g/mol. The highest BCUT2D eigenvalue weighted by molar-refractivity contribution is 5.95. The van der Waals surface area contributed by atoms with E-state index in [9.17, 15) is 4.79 Å². The van der Waals surface area contributed by atoms with Crippen LogP contribution in [0.1, 0.15) is 15.9 Å². The number of nitrogens with one attached hydrogen (secondary N) is 1. The minimum atomic E-state index is 0.0175. The summed E-state index contributed by atoms with van der Waals surface area (Å²) >= 11 is 0. The molecule has 2 heterocycles. The molecule has 0 atom stereocenters. The molecule has 6 heteroatoms. The number of aromatic amines is 1. The second kappa shape index (κ2) is 7.94. The summed E-state index contributed by atoms with van der Waals surface area (Å²) in [5.41, 5.74) is 3.06. The average molecular weight is 379 g/mol. The van der Waals surface area contributed by atoms with E-state index in [2.05, 4.69) is 34.3 Å². The number of amides is 1. The van der Waals surface area contributed by atoms with E-state index in [-0.39, 0.29) is 5.91 Å². The van der Waals surface area contributed by atoms with Crippen LogP contribution < -0.4 is 9.47 Å². The zero-order chi connectivity index (χ0) is 19.5. The molecule has 0 unspecified atom stereocenters. The Labute approximate surface area is 164 Å². The highest BCUT2D eigenvalue weighted by Crippen LogP contribution is 2.24. The van der Waals surface area contributed by atoms with E-state index in [0.717, 1.165) is 19.6 Å². The Balaban J connectivity index is 1.40. The van der Waals surface area contributed by atoms with Crippen molar-refractivity contribution in [2.75, 3.05) is 40.4 Å². The van der Waals surface area contributed by atoms with Gasteiger partial charge in [-0.05, 0) is 23.8 Å². The van der Waals surface area contributed by atoms with Crippen LogP contribution in [0.5, 0.6) is 11.5 Å². The topological polar surface area (TPSA) is 57.8 Å². The van der Waals surface area contributed by atoms with Gasteiger partial charge in [-0.15, -0.1) is 0 Å². The molecule has 1 aromatic heterocycles. The van der Waals surface area contributed by atoms with Gasteiger partial charge in [-0.3, -0.25) is 9.69 Å². The zero-order valence-electron chi connectivity index (χ0n) is 16.3. The van der Waals surface area contributed by atoms with Crippen LogP contribution in [-0.4, -0.2) is 61.1 Å². The predicted octanol–water partition coefficient (Wildman–Crippen LogP) is 3.14. The number of benzene rings is 2. The minimum absolute atomic E-state index is 0.0175. The van der Waals surface area contributed by atoms with Crippen LogP contribution in [0.2, 0.25) is 0 Å². The molecule has 146 valence electrons. The fourth-order valence-electron chi connectivity index (χ4n) is 3.73. The molecule has 0 saturated carbocycles. The maximum atomic E-state index is 12.9. The molecule has 1 saturated heterocycles. The molecular formula is C22H25N3O3. The first-order valence-electron chi connectivity index (χ1n) is 9.47. The van der Waals surface area contributed by atoms with Crippen molar-refractivity contribution in [2.45, 2.75) is 6.54 Å². The first-order chi connectivity index (χ1) is 13.7. The SMILES string of the molecule is COc1cc(OC)cc(C(=O)N2CCN(Cc3c[nH]c4ccccc34)CC2)c1. The van der Waals surface area contributed by atoms with Crippen molar-refractivity contribution in [2.24, 2.45) is 0 Å². The van der Waals surface area contributed by atoms with Gasteiger partial charge < -0.3 is 19.4 Å². The minimum Gasteiger partial charge on any atom is -0.497 e. The standard InChI is InChI=1S/C22H25N3O3/c1-27-18-11-16(12-19(13-18)28-2)22(26)25-9-7-24(8-10-25)15-17-14-23-21-6-4-3-5-20(17)21/h3-6,11-14,23H,7-10,15H2,1-2H3. The van der Waals surface area contributed by atoms with Gasteiger partial charge in [0.05, 0.1) is 14.2 Å². The van der Waals surface area contributed by atoms with Crippen molar-refractivity contribution in [3.8, 4) is 11.5 Å². The first-order valence-corrected chi connectivity index (χ1v) is 9.47. The Hall–Kier alpha value is -2.99. The predicted molar refractivity (Wildman–Crippen MR) is 109 cm³/mol. The number of carbonyl (C=O) groups is 1. The number of hydrogen-bond acceptors (Lipinski definition) is 4. The van der Waals surface area contributed by atoms with Gasteiger partial charge in [-0.2, -0.15) is 0 Å². The molecule has 1 N–H and O–H groups in total. The van der Waals surface area contributed by atoms with Crippen molar-refractivity contribution in [3.63, 3.8) is 0 Å². The van der Waals surface area contributed by atoms with Gasteiger partial charge in [-0.25, -0.2) is 0 Å². The highest BCUT2D eigenvalue weighted by atomic mass is 16.5. The Bertz CT molecular complexity index is 952. The second-order valence-corrected chi connectivity index (χ2v) is 7.03. The molecular weight excluding hydrogens is 354 g/mol. The summed E-state index contributed by atoms with van der Waals surface area (Å²) < 4.78 is 10.6. The molecule has 0 bridgehead atoms. The van der Waals surface area contributed by atoms with Gasteiger partial charge >= 0.3 is 0 Å². The van der Waals surface area contributed by atoms with E-state index >= 15 is 0 Å². The zero-order valence-corrected chi connectivity index (χ0v) is 16.3. The lowest BCUT2D eigenvalue weighted by Gasteiger charge is -2.34. The lowest BCUT2D eigenvalue weighted by Crippen LogP contribution is -2.48. The van der Waals surface area contributed by atoms with Gasteiger partial charge in [0.1, 0.15) is 11.5 Å². The second-order valence-electron chi connectivity index (χ2n) is 7.03. The molecule has 0 radical (unpaired) electrons. The van der Waals surface area contributed by atoms with E-state index in [1.54, 1.807) is 32.4 Å². The summed E-state index contributed by atoms with van der Waals surface area (Å²) in [6.07, 6.45) is 2.09. The number of aromatic nitrogens is 1. The largest absolute Gasteiger partial charge is 0.497 e. The van der Waals surface area contributed by atoms with E-state index in [0.29, 0.717) is 30.2 Å². The molecule has 6 nitrogen and oxygen atoms in total. The third-order valence-corrected chi connectivity index (χ3v) is 5.33. The number of fused-ring (bicyclic) bond motifs is 1. The summed E-state index contributed by atoms with van der Waals surface area (Å²) in [6, 6.07) is 13.7. The first kappa shape index (κ1) is 18.4. The van der Waals surface area contributed by atoms with E-state index in [1.807, 2.05) is 11.0 Å². The average Bonchev–Trinajstić information content (AvgIpc) is 3.16. The van der Waals surface area contributed by atoms with Crippen molar-refractivity contribution in [3.05, 3.63) is 59.8 Å². The van der Waals surface area contributed by atoms with Crippen LogP contribution in [0.15, 0.2) is 48.7 Å². The highest BCUT2D eigenvalue weighted by Gasteiger charge is 2.23. The quantitative estimate of drug-likeness (QED) is 0.740. The number of piperazine rings is 1. The number of H-pyrrole nitrogens is 1. The Morgan fingerprint density at radius 3 is 2.36 bits per heavy atom. The van der Waals surface area contributed by atoms with Gasteiger partial charge in [0, 0.05) is 61.5 Å². The maximum absolute atomic E-state index is 12.9. The number of methoxy groups -OCH3 is 2. The maximum Gasteiger partial charge on any atom is 0.254 e. The van der Waals surface area contributed by atoms with E-state index in [1.165, 1.54) is 16.5 Å². The molecule has 2 aromatic carbocycles. The molecule has 1 fully saturated rings. The smallest absolute Gasteiger partial charge is 0.254 e. The number of rotatable bonds is 5. The van der Waals surface area contributed by atoms with Crippen LogP contribution in [0.4, 0.5) is 0 Å². The van der Waals surface area contributed by atoms with Crippen LogP contribution in [0.3, 0.4) is 0 Å². The van der Waals surface area contributed by atoms with Crippen LogP contribution in [-0.2, 0) is 6.54 Å². The van der Waals surface area contributed by atoms with E-state index < -0.39 is 0 Å². The third kappa shape index (κ3) is 3.68. The lowest BCUT2D eigenvalue weighted by molar-refractivity contribution is 0.0628. The summed E-state index contributed by atoms with van der Waals surface area (Å²) in [5, 5.41) is 1.27. The molecule has 1 amide bonds. The van der Waals surface area contributed by atoms with Gasteiger partial charge in [0.2, 0.25) is 0 Å². The van der Waals surface area contributed by atoms with Crippen molar-refractivity contribution < 1.29 is 14.3 Å². The molecule has 1 aliphatic heterocycles. The number of nitrogens with zero attached hydrogens (tertiary/aromatic N) is 2. The number of ether oxygens (including phenoxy) is 2. The fraction of sp³-hybridized carbons (Fsp3) is 0.318. The summed E-state index contributed by atoms with van der Waals surface area (Å²) in [7, 11) is 3.18. The lowest BCUT2D eigenvalue weighted by atomic mass is 10.1. The molecule has 28 heavy (non-hydrogen) atoms. The van der Waals surface area contributed by atoms with Crippen LogP contribution >= 0.6 is 0 Å². The molecule has 1 aliphatic rings. The van der Waals surface area contributed by atoms with Gasteiger partial charge in [-0.1, -0.05) is 18.2 Å². The third-order valence-electron chi connectivity index (χ3n) is 5.33. The van der Waals surface area contributed by atoms with Crippen LogP contribution in [0.25, 0.3) is 10.9 Å². The van der Waals surface area contributed by atoms with Crippen molar-refractivity contribution in [1.29, 1.82) is 0 Å². The number of para-hydroxylation sites is 1. The normalized spacial score (nSPS) is 15.0. The molecule has 0 spiro atoms. The molecule has 4 rings (SSSR count). The fourth-order valence-corrected chi connectivity index (χ4v) is 3.73. The number of carbonyl (C=O) groups excluding carboxylic acids is 1. The number of hydrogen-bond donors (Lipinski definition) is 1. The Morgan fingerprint density at radius 1 is 1.00 bits per heavy atom. The summed E-state index contributed by atoms with van der Waals surface area (Å²) in [5.74, 6) is 1.27. The van der Waals surface area contributed by atoms with Crippen molar-refractivity contribution >= 4 is 16.8 Å². The van der Waals surface area contributed by atoms with Gasteiger partial charge in [0.15, 0.2) is 0 Å². The Kier molecular flexibility index (Phi) is 5.21. The molecule has 0 aliphatic carbocycles. The summed E-state index contributed by atoms with van der Waals surface area (Å²) in [6.45, 7) is 4.01. The Morgan fingerprint density at radius 2 is 1.68 bits per heavy atom. The summed E-state index contributed by atoms with van der Waals surface area (Å²) in [4.78, 5) is 20.6.